The van der Waals surface area contributed by atoms with Crippen molar-refractivity contribution in [3.63, 3.8) is 0 Å². The highest BCUT2D eigenvalue weighted by atomic mass is 16.5. The summed E-state index contributed by atoms with van der Waals surface area (Å²) in [6, 6.07) is 4.20. The predicted molar refractivity (Wildman–Crippen MR) is 48.6 cm³/mol. The standard InChI is InChI=1S/C9H13NO3/c1-13-5-7(10)6-2-3-8(11)9(12)4-6/h2-4,7,11-12H,5,10H2,1H3/t7-/m0/s1. The van der Waals surface area contributed by atoms with Gasteiger partial charge in [-0.05, 0) is 17.7 Å². The monoisotopic (exact) mass is 183 g/mol. The van der Waals surface area contributed by atoms with Crippen LogP contribution in [0, 0.1) is 0 Å². The van der Waals surface area contributed by atoms with Gasteiger partial charge in [-0.3, -0.25) is 0 Å². The van der Waals surface area contributed by atoms with E-state index in [4.69, 9.17) is 15.6 Å². The van der Waals surface area contributed by atoms with Crippen LogP contribution in [0.1, 0.15) is 11.6 Å². The second kappa shape index (κ2) is 4.11. The predicted octanol–water partition coefficient (Wildman–Crippen LogP) is 0.744. The Kier molecular flexibility index (Phi) is 3.11. The fourth-order valence-electron chi connectivity index (χ4n) is 1.05. The van der Waals surface area contributed by atoms with Gasteiger partial charge in [0.2, 0.25) is 0 Å². The maximum atomic E-state index is 9.17. The lowest BCUT2D eigenvalue weighted by atomic mass is 10.1. The van der Waals surface area contributed by atoms with Gasteiger partial charge in [-0.2, -0.15) is 0 Å². The molecule has 0 spiro atoms. The van der Waals surface area contributed by atoms with Crippen molar-refractivity contribution in [3.05, 3.63) is 23.8 Å². The molecule has 4 nitrogen and oxygen atoms in total. The Morgan fingerprint density at radius 3 is 2.62 bits per heavy atom. The maximum absolute atomic E-state index is 9.17. The minimum absolute atomic E-state index is 0.145. The van der Waals surface area contributed by atoms with Crippen LogP contribution < -0.4 is 5.73 Å². The number of rotatable bonds is 3. The SMILES string of the molecule is COC[C@H](N)c1ccc(O)c(O)c1. The highest BCUT2D eigenvalue weighted by Gasteiger charge is 2.07. The molecule has 0 saturated heterocycles. The fourth-order valence-corrected chi connectivity index (χ4v) is 1.05. The number of phenols is 2. The summed E-state index contributed by atoms with van der Waals surface area (Å²) in [4.78, 5) is 0. The zero-order valence-electron chi connectivity index (χ0n) is 7.40. The molecule has 13 heavy (non-hydrogen) atoms. The molecule has 0 aromatic heterocycles. The summed E-state index contributed by atoms with van der Waals surface area (Å²) in [7, 11) is 1.56. The topological polar surface area (TPSA) is 75.7 Å². The average Bonchev–Trinajstić information content (AvgIpc) is 2.10. The second-order valence-corrected chi connectivity index (χ2v) is 2.81. The van der Waals surface area contributed by atoms with Crippen molar-refractivity contribution < 1.29 is 14.9 Å². The van der Waals surface area contributed by atoms with Gasteiger partial charge in [0, 0.05) is 7.11 Å². The van der Waals surface area contributed by atoms with Crippen molar-refractivity contribution in [2.75, 3.05) is 13.7 Å². The van der Waals surface area contributed by atoms with Crippen LogP contribution in [0.3, 0.4) is 0 Å². The summed E-state index contributed by atoms with van der Waals surface area (Å²) in [5.74, 6) is -0.308. The zero-order valence-corrected chi connectivity index (χ0v) is 7.40. The summed E-state index contributed by atoms with van der Waals surface area (Å²) in [6.45, 7) is 0.379. The molecule has 1 atom stereocenters. The van der Waals surface area contributed by atoms with Crippen molar-refractivity contribution >= 4 is 0 Å². The van der Waals surface area contributed by atoms with E-state index < -0.39 is 0 Å². The Morgan fingerprint density at radius 2 is 2.08 bits per heavy atom. The van der Waals surface area contributed by atoms with E-state index in [2.05, 4.69) is 0 Å². The van der Waals surface area contributed by atoms with E-state index in [9.17, 15) is 5.11 Å². The van der Waals surface area contributed by atoms with Crippen LogP contribution in [-0.2, 0) is 4.74 Å². The number of benzene rings is 1. The Bertz CT molecular complexity index is 288. The minimum atomic E-state index is -0.281. The molecule has 0 fully saturated rings. The third-order valence-corrected chi connectivity index (χ3v) is 1.77. The van der Waals surface area contributed by atoms with Gasteiger partial charge in [-0.1, -0.05) is 6.07 Å². The van der Waals surface area contributed by atoms with Crippen LogP contribution >= 0.6 is 0 Å². The van der Waals surface area contributed by atoms with Gasteiger partial charge in [-0.25, -0.2) is 0 Å². The van der Waals surface area contributed by atoms with E-state index in [0.29, 0.717) is 6.61 Å². The summed E-state index contributed by atoms with van der Waals surface area (Å²) < 4.78 is 4.86. The number of hydrogen-bond acceptors (Lipinski definition) is 4. The van der Waals surface area contributed by atoms with Gasteiger partial charge in [0.15, 0.2) is 11.5 Å². The highest BCUT2D eigenvalue weighted by molar-refractivity contribution is 5.41. The molecule has 1 rings (SSSR count). The van der Waals surface area contributed by atoms with E-state index in [1.54, 1.807) is 13.2 Å². The molecule has 1 aromatic carbocycles. The molecule has 0 aliphatic heterocycles. The molecule has 0 heterocycles. The fraction of sp³-hybridized carbons (Fsp3) is 0.333. The molecule has 4 heteroatoms. The van der Waals surface area contributed by atoms with Crippen LogP contribution in [0.5, 0.6) is 11.5 Å². The van der Waals surface area contributed by atoms with E-state index >= 15 is 0 Å². The molecule has 0 unspecified atom stereocenters. The lowest BCUT2D eigenvalue weighted by Gasteiger charge is -2.11. The maximum Gasteiger partial charge on any atom is 0.157 e. The zero-order chi connectivity index (χ0) is 9.84. The van der Waals surface area contributed by atoms with Crippen molar-refractivity contribution in [1.29, 1.82) is 0 Å². The molecule has 1 aromatic rings. The van der Waals surface area contributed by atoms with E-state index in [-0.39, 0.29) is 17.5 Å². The first kappa shape index (κ1) is 9.83. The van der Waals surface area contributed by atoms with Gasteiger partial charge in [0.25, 0.3) is 0 Å². The van der Waals surface area contributed by atoms with Gasteiger partial charge in [0.05, 0.1) is 12.6 Å². The first-order valence-electron chi connectivity index (χ1n) is 3.91. The highest BCUT2D eigenvalue weighted by Crippen LogP contribution is 2.26. The Morgan fingerprint density at radius 1 is 1.38 bits per heavy atom. The first-order chi connectivity index (χ1) is 6.15. The molecule has 72 valence electrons. The van der Waals surface area contributed by atoms with Gasteiger partial charge >= 0.3 is 0 Å². The molecular formula is C9H13NO3. The smallest absolute Gasteiger partial charge is 0.157 e. The molecule has 0 aliphatic rings. The second-order valence-electron chi connectivity index (χ2n) is 2.81. The van der Waals surface area contributed by atoms with Crippen LogP contribution in [0.25, 0.3) is 0 Å². The lowest BCUT2D eigenvalue weighted by molar-refractivity contribution is 0.181. The lowest BCUT2D eigenvalue weighted by Crippen LogP contribution is -2.15. The van der Waals surface area contributed by atoms with Crippen molar-refractivity contribution in [2.24, 2.45) is 5.73 Å². The summed E-state index contributed by atoms with van der Waals surface area (Å²) >= 11 is 0. The molecule has 0 bridgehead atoms. The Labute approximate surface area is 76.6 Å². The summed E-state index contributed by atoms with van der Waals surface area (Å²) in [6.07, 6.45) is 0. The quantitative estimate of drug-likeness (QED) is 0.604. The van der Waals surface area contributed by atoms with Gasteiger partial charge < -0.3 is 20.7 Å². The summed E-state index contributed by atoms with van der Waals surface area (Å²) in [5.41, 5.74) is 6.44. The van der Waals surface area contributed by atoms with Crippen LogP contribution in [-0.4, -0.2) is 23.9 Å². The average molecular weight is 183 g/mol. The van der Waals surface area contributed by atoms with E-state index in [0.717, 1.165) is 5.56 Å². The number of hydrogen-bond donors (Lipinski definition) is 3. The number of methoxy groups -OCH3 is 1. The van der Waals surface area contributed by atoms with Gasteiger partial charge in [0.1, 0.15) is 0 Å². The normalized spacial score (nSPS) is 12.8. The molecule has 0 radical (unpaired) electrons. The summed E-state index contributed by atoms with van der Waals surface area (Å²) in [5, 5.41) is 18.2. The number of aromatic hydroxyl groups is 2. The van der Waals surface area contributed by atoms with Gasteiger partial charge in [-0.15, -0.1) is 0 Å². The molecule has 0 aliphatic carbocycles. The van der Waals surface area contributed by atoms with Crippen molar-refractivity contribution in [1.82, 2.24) is 0 Å². The number of phenolic OH excluding ortho intramolecular Hbond substituents is 2. The Balaban J connectivity index is 2.84. The molecule has 4 N–H and O–H groups in total. The van der Waals surface area contributed by atoms with E-state index in [1.165, 1.54) is 12.1 Å². The molecule has 0 saturated carbocycles. The molecule has 0 amide bonds. The number of ether oxygens (including phenoxy) is 1. The largest absolute Gasteiger partial charge is 0.504 e. The minimum Gasteiger partial charge on any atom is -0.504 e. The Hall–Kier alpha value is -1.26. The molecular weight excluding hydrogens is 170 g/mol. The van der Waals surface area contributed by atoms with Crippen LogP contribution in [0.15, 0.2) is 18.2 Å². The van der Waals surface area contributed by atoms with Crippen molar-refractivity contribution in [3.8, 4) is 11.5 Å². The van der Waals surface area contributed by atoms with Crippen molar-refractivity contribution in [2.45, 2.75) is 6.04 Å². The van der Waals surface area contributed by atoms with Crippen LogP contribution in [0.2, 0.25) is 0 Å². The third-order valence-electron chi connectivity index (χ3n) is 1.77. The number of nitrogens with two attached hydrogens (primary N) is 1. The first-order valence-corrected chi connectivity index (χ1v) is 3.91. The van der Waals surface area contributed by atoms with E-state index in [1.807, 2.05) is 0 Å². The third kappa shape index (κ3) is 2.34. The van der Waals surface area contributed by atoms with Crippen LogP contribution in [0.4, 0.5) is 0 Å².